The molecule has 0 radical (unpaired) electrons. The number of nitrogens with one attached hydrogen (secondary N) is 1. The van der Waals surface area contributed by atoms with E-state index >= 15 is 0 Å². The van der Waals surface area contributed by atoms with Gasteiger partial charge in [-0.05, 0) is 29.8 Å². The molecule has 3 rings (SSSR count). The van der Waals surface area contributed by atoms with Crippen LogP contribution in [0.4, 0.5) is 5.82 Å². The van der Waals surface area contributed by atoms with Gasteiger partial charge in [0.25, 0.3) is 5.91 Å². The van der Waals surface area contributed by atoms with E-state index in [4.69, 9.17) is 20.9 Å². The van der Waals surface area contributed by atoms with Gasteiger partial charge in [0.15, 0.2) is 6.04 Å². The first kappa shape index (κ1) is 20.6. The Bertz CT molecular complexity index is 955. The number of ether oxygens (including phenoxy) is 2. The van der Waals surface area contributed by atoms with Crippen LogP contribution < -0.4 is 26.5 Å². The number of β-lactam (4-membered cyclic amide) rings is 1. The van der Waals surface area contributed by atoms with E-state index in [0.717, 1.165) is 5.56 Å². The van der Waals surface area contributed by atoms with Crippen LogP contribution >= 0.6 is 0 Å². The summed E-state index contributed by atoms with van der Waals surface area (Å²) in [5, 5.41) is 3.63. The van der Waals surface area contributed by atoms with Crippen molar-refractivity contribution in [2.45, 2.75) is 12.6 Å². The van der Waals surface area contributed by atoms with Gasteiger partial charge in [-0.25, -0.2) is 9.78 Å². The van der Waals surface area contributed by atoms with Crippen molar-refractivity contribution in [2.24, 2.45) is 16.6 Å². The first-order valence-corrected chi connectivity index (χ1v) is 9.07. The fourth-order valence-corrected chi connectivity index (χ4v) is 2.86. The molecule has 0 bridgehead atoms. The minimum absolute atomic E-state index is 0.0586. The number of pyridine rings is 1. The maximum absolute atomic E-state index is 12.8. The maximum atomic E-state index is 12.8. The lowest BCUT2D eigenvalue weighted by Crippen LogP contribution is -2.60. The number of guanidine groups is 1. The van der Waals surface area contributed by atoms with Gasteiger partial charge < -0.3 is 26.4 Å². The average molecular weight is 410 g/mol. The van der Waals surface area contributed by atoms with E-state index in [-0.39, 0.29) is 30.6 Å². The standard InChI is InChI=1S/C20H22N6O4/c1-29-14-7-5-13(6-8-14)12-30-19(28)17-15(9-11-24-25-20(21)22)18(27)26(17)16-4-2-3-10-23-16/h2-10,17,24H,11-12H2,1H3,(H4,21,22,25)/t17-/m0/s1. The van der Waals surface area contributed by atoms with Crippen molar-refractivity contribution in [3.05, 3.63) is 65.9 Å². The minimum Gasteiger partial charge on any atom is -0.497 e. The summed E-state index contributed by atoms with van der Waals surface area (Å²) >= 11 is 0. The van der Waals surface area contributed by atoms with Crippen molar-refractivity contribution in [2.75, 3.05) is 18.6 Å². The SMILES string of the molecule is COc1ccc(COC(=O)[C@@H]2C(=CCNN=C(N)N)C(=O)N2c2ccccn2)cc1. The summed E-state index contributed by atoms with van der Waals surface area (Å²) in [7, 11) is 1.57. The molecule has 1 atom stereocenters. The Labute approximate surface area is 173 Å². The highest BCUT2D eigenvalue weighted by atomic mass is 16.5. The summed E-state index contributed by atoms with van der Waals surface area (Å²) in [5.74, 6) is 0.0207. The van der Waals surface area contributed by atoms with Crippen molar-refractivity contribution in [1.29, 1.82) is 0 Å². The molecule has 2 aromatic rings. The van der Waals surface area contributed by atoms with Crippen LogP contribution in [-0.2, 0) is 20.9 Å². The minimum atomic E-state index is -0.911. The number of aromatic nitrogens is 1. The number of carbonyl (C=O) groups is 2. The predicted octanol–water partition coefficient (Wildman–Crippen LogP) is 0.253. The number of hydrogen-bond donors (Lipinski definition) is 3. The summed E-state index contributed by atoms with van der Waals surface area (Å²) in [5.41, 5.74) is 14.2. The number of amides is 1. The fourth-order valence-electron chi connectivity index (χ4n) is 2.86. The topological polar surface area (TPSA) is 145 Å². The quantitative estimate of drug-likeness (QED) is 0.107. The summed E-state index contributed by atoms with van der Waals surface area (Å²) in [6, 6.07) is 11.3. The smallest absolute Gasteiger partial charge is 0.334 e. The predicted molar refractivity (Wildman–Crippen MR) is 110 cm³/mol. The first-order valence-electron chi connectivity index (χ1n) is 9.07. The highest BCUT2D eigenvalue weighted by molar-refractivity contribution is 6.21. The van der Waals surface area contributed by atoms with Crippen LogP contribution in [0.5, 0.6) is 5.75 Å². The number of nitrogens with zero attached hydrogens (tertiary/aromatic N) is 3. The largest absolute Gasteiger partial charge is 0.497 e. The van der Waals surface area contributed by atoms with Crippen LogP contribution in [0.1, 0.15) is 5.56 Å². The third kappa shape index (κ3) is 4.66. The number of benzene rings is 1. The molecule has 1 saturated heterocycles. The second kappa shape index (κ2) is 9.41. The second-order valence-corrected chi connectivity index (χ2v) is 6.28. The zero-order chi connectivity index (χ0) is 21.5. The van der Waals surface area contributed by atoms with Gasteiger partial charge >= 0.3 is 5.97 Å². The number of nitrogens with two attached hydrogens (primary N) is 2. The Hall–Kier alpha value is -4.08. The van der Waals surface area contributed by atoms with E-state index in [2.05, 4.69) is 15.5 Å². The molecule has 0 aliphatic carbocycles. The number of esters is 1. The van der Waals surface area contributed by atoms with Crippen LogP contribution in [0.15, 0.2) is 65.4 Å². The highest BCUT2D eigenvalue weighted by Crippen LogP contribution is 2.31. The molecule has 1 aromatic heterocycles. The molecule has 0 unspecified atom stereocenters. The Morgan fingerprint density at radius 2 is 2.03 bits per heavy atom. The third-order valence-electron chi connectivity index (χ3n) is 4.30. The molecule has 1 amide bonds. The van der Waals surface area contributed by atoms with Crippen LogP contribution in [0.2, 0.25) is 0 Å². The van der Waals surface area contributed by atoms with Gasteiger partial charge in [0, 0.05) is 11.8 Å². The Morgan fingerprint density at radius 3 is 2.67 bits per heavy atom. The average Bonchev–Trinajstić information content (AvgIpc) is 2.76. The van der Waals surface area contributed by atoms with E-state index in [1.54, 1.807) is 61.8 Å². The van der Waals surface area contributed by atoms with Crippen LogP contribution in [0, 0.1) is 0 Å². The molecular formula is C20H22N6O4. The molecule has 5 N–H and O–H groups in total. The summed E-state index contributed by atoms with van der Waals surface area (Å²) in [6.45, 7) is 0.223. The lowest BCUT2D eigenvalue weighted by Gasteiger charge is -2.39. The van der Waals surface area contributed by atoms with Gasteiger partial charge in [0.05, 0.1) is 13.7 Å². The molecule has 1 aliphatic rings. The van der Waals surface area contributed by atoms with Crippen molar-refractivity contribution in [3.8, 4) is 5.75 Å². The number of methoxy groups -OCH3 is 1. The number of anilines is 1. The fraction of sp³-hybridized carbons (Fsp3) is 0.200. The molecule has 30 heavy (non-hydrogen) atoms. The van der Waals surface area contributed by atoms with E-state index in [1.807, 2.05) is 0 Å². The van der Waals surface area contributed by atoms with Gasteiger partial charge in [-0.1, -0.05) is 24.3 Å². The monoisotopic (exact) mass is 410 g/mol. The lowest BCUT2D eigenvalue weighted by atomic mass is 9.93. The van der Waals surface area contributed by atoms with Crippen molar-refractivity contribution in [1.82, 2.24) is 10.4 Å². The van der Waals surface area contributed by atoms with E-state index in [9.17, 15) is 9.59 Å². The van der Waals surface area contributed by atoms with E-state index < -0.39 is 12.0 Å². The molecule has 1 aliphatic heterocycles. The normalized spacial score (nSPS) is 16.6. The first-order chi connectivity index (χ1) is 14.5. The second-order valence-electron chi connectivity index (χ2n) is 6.28. The molecular weight excluding hydrogens is 388 g/mol. The Balaban J connectivity index is 1.73. The van der Waals surface area contributed by atoms with Crippen molar-refractivity contribution >= 4 is 23.7 Å². The maximum Gasteiger partial charge on any atom is 0.334 e. The molecule has 0 spiro atoms. The van der Waals surface area contributed by atoms with Gasteiger partial charge in [0.1, 0.15) is 18.2 Å². The number of carbonyl (C=O) groups excluding carboxylic acids is 2. The van der Waals surface area contributed by atoms with Crippen LogP contribution in [-0.4, -0.2) is 42.5 Å². The summed E-state index contributed by atoms with van der Waals surface area (Å²) in [4.78, 5) is 30.9. The van der Waals surface area contributed by atoms with Crippen molar-refractivity contribution in [3.63, 3.8) is 0 Å². The Morgan fingerprint density at radius 1 is 1.27 bits per heavy atom. The molecule has 1 fully saturated rings. The van der Waals surface area contributed by atoms with Gasteiger partial charge in [-0.3, -0.25) is 9.69 Å². The molecule has 10 nitrogen and oxygen atoms in total. The zero-order valence-corrected chi connectivity index (χ0v) is 16.3. The van der Waals surface area contributed by atoms with E-state index in [1.165, 1.54) is 4.90 Å². The molecule has 1 aromatic carbocycles. The molecule has 0 saturated carbocycles. The molecule has 2 heterocycles. The Kier molecular flexibility index (Phi) is 6.48. The number of hydrazone groups is 1. The van der Waals surface area contributed by atoms with Gasteiger partial charge in [0.2, 0.25) is 5.96 Å². The van der Waals surface area contributed by atoms with E-state index in [0.29, 0.717) is 11.6 Å². The third-order valence-corrected chi connectivity index (χ3v) is 4.30. The lowest BCUT2D eigenvalue weighted by molar-refractivity contribution is -0.148. The van der Waals surface area contributed by atoms with Gasteiger partial charge in [-0.15, -0.1) is 5.10 Å². The summed E-state index contributed by atoms with van der Waals surface area (Å²) < 4.78 is 10.6. The number of rotatable bonds is 8. The van der Waals surface area contributed by atoms with Crippen LogP contribution in [0.3, 0.4) is 0 Å². The molecule has 10 heteroatoms. The van der Waals surface area contributed by atoms with Crippen LogP contribution in [0.25, 0.3) is 0 Å². The summed E-state index contributed by atoms with van der Waals surface area (Å²) in [6.07, 6.45) is 3.10. The zero-order valence-electron chi connectivity index (χ0n) is 16.3. The van der Waals surface area contributed by atoms with Crippen molar-refractivity contribution < 1.29 is 19.1 Å². The number of hydrogen-bond acceptors (Lipinski definition) is 7. The highest BCUT2D eigenvalue weighted by Gasteiger charge is 2.49. The molecule has 156 valence electrons. The van der Waals surface area contributed by atoms with Gasteiger partial charge in [-0.2, -0.15) is 0 Å².